The van der Waals surface area contributed by atoms with Crippen molar-refractivity contribution in [3.05, 3.63) is 76.6 Å². The summed E-state index contributed by atoms with van der Waals surface area (Å²) in [6.45, 7) is 8.21. The van der Waals surface area contributed by atoms with Crippen LogP contribution in [0.4, 0.5) is 5.69 Å². The van der Waals surface area contributed by atoms with Crippen LogP contribution >= 0.6 is 11.6 Å². The van der Waals surface area contributed by atoms with Crippen LogP contribution < -0.4 is 14.2 Å². The zero-order valence-electron chi connectivity index (χ0n) is 21.5. The van der Waals surface area contributed by atoms with E-state index in [2.05, 4.69) is 41.8 Å². The fourth-order valence-electron chi connectivity index (χ4n) is 4.10. The number of halogens is 1. The van der Waals surface area contributed by atoms with Gasteiger partial charge < -0.3 is 9.47 Å². The third-order valence-corrected chi connectivity index (χ3v) is 7.82. The van der Waals surface area contributed by atoms with Crippen molar-refractivity contribution in [1.82, 2.24) is 19.6 Å². The summed E-state index contributed by atoms with van der Waals surface area (Å²) in [6.07, 6.45) is 0. The number of hydrogen-bond acceptors (Lipinski definition) is 7. The minimum atomic E-state index is -3.95. The molecule has 0 atom stereocenters. The monoisotopic (exact) mass is 551 g/mol. The van der Waals surface area contributed by atoms with Crippen LogP contribution in [0.5, 0.6) is 17.4 Å². The minimum absolute atomic E-state index is 0.0612. The number of rotatable bonds is 7. The summed E-state index contributed by atoms with van der Waals surface area (Å²) in [5.74, 6) is 1.89. The number of hydrogen-bond donors (Lipinski definition) is 1. The molecule has 0 saturated carbocycles. The van der Waals surface area contributed by atoms with Gasteiger partial charge in [-0.3, -0.25) is 9.12 Å². The fraction of sp³-hybridized carbons (Fsp3) is 0.222. The predicted octanol–water partition coefficient (Wildman–Crippen LogP) is 6.27. The molecular formula is C27H26ClN5O4S. The van der Waals surface area contributed by atoms with Crippen molar-refractivity contribution >= 4 is 44.0 Å². The molecule has 0 amide bonds. The van der Waals surface area contributed by atoms with Crippen molar-refractivity contribution in [2.75, 3.05) is 11.8 Å². The Hall–Kier alpha value is -3.89. The molecule has 0 fully saturated rings. The Morgan fingerprint density at radius 2 is 1.68 bits per heavy atom. The van der Waals surface area contributed by atoms with Gasteiger partial charge in [0.2, 0.25) is 5.65 Å². The van der Waals surface area contributed by atoms with E-state index in [1.54, 1.807) is 30.3 Å². The lowest BCUT2D eigenvalue weighted by Crippen LogP contribution is -2.14. The first-order valence-electron chi connectivity index (χ1n) is 11.9. The lowest BCUT2D eigenvalue weighted by molar-refractivity contribution is 0.403. The second kappa shape index (κ2) is 9.77. The van der Waals surface area contributed by atoms with Crippen LogP contribution in [0.2, 0.25) is 5.02 Å². The van der Waals surface area contributed by atoms with Crippen molar-refractivity contribution in [2.24, 2.45) is 0 Å². The van der Waals surface area contributed by atoms with Crippen molar-refractivity contribution in [1.29, 1.82) is 0 Å². The van der Waals surface area contributed by atoms with Crippen LogP contribution in [0.15, 0.2) is 59.5 Å². The van der Waals surface area contributed by atoms with Crippen LogP contribution in [0, 0.1) is 13.8 Å². The van der Waals surface area contributed by atoms with Gasteiger partial charge in [0.1, 0.15) is 22.2 Å². The number of benzene rings is 3. The van der Waals surface area contributed by atoms with Crippen molar-refractivity contribution in [2.45, 2.75) is 38.5 Å². The highest BCUT2D eigenvalue weighted by atomic mass is 35.5. The van der Waals surface area contributed by atoms with E-state index in [0.29, 0.717) is 23.0 Å². The highest BCUT2D eigenvalue weighted by Gasteiger charge is 2.21. The van der Waals surface area contributed by atoms with Gasteiger partial charge in [0.25, 0.3) is 15.9 Å². The average molecular weight is 552 g/mol. The number of fused-ring (bicyclic) bond motifs is 3. The minimum Gasteiger partial charge on any atom is -0.495 e. The topological polar surface area (TPSA) is 108 Å². The van der Waals surface area contributed by atoms with E-state index in [-0.39, 0.29) is 21.6 Å². The van der Waals surface area contributed by atoms with Gasteiger partial charge in [0.05, 0.1) is 18.1 Å². The number of nitrogens with one attached hydrogen (secondary N) is 1. The Morgan fingerprint density at radius 3 is 2.37 bits per heavy atom. The van der Waals surface area contributed by atoms with Crippen molar-refractivity contribution in [3.63, 3.8) is 0 Å². The molecule has 0 aliphatic carbocycles. The van der Waals surface area contributed by atoms with E-state index in [4.69, 9.17) is 26.1 Å². The molecule has 5 aromatic rings. The van der Waals surface area contributed by atoms with Gasteiger partial charge >= 0.3 is 0 Å². The van der Waals surface area contributed by atoms with Gasteiger partial charge in [0, 0.05) is 16.6 Å². The van der Waals surface area contributed by atoms with Crippen LogP contribution in [0.25, 0.3) is 16.7 Å². The van der Waals surface area contributed by atoms with Crippen molar-refractivity contribution < 1.29 is 17.9 Å². The van der Waals surface area contributed by atoms with Crippen LogP contribution in [0.3, 0.4) is 0 Å². The Kier molecular flexibility index (Phi) is 6.62. The van der Waals surface area contributed by atoms with E-state index in [9.17, 15) is 8.42 Å². The quantitative estimate of drug-likeness (QED) is 0.254. The number of nitrogens with zero attached hydrogens (tertiary/aromatic N) is 4. The molecular weight excluding hydrogens is 526 g/mol. The SMILES string of the molecule is COc1ccc(Cl)cc1S(=O)(=O)Nc1ccc(Oc2nc3cc(C)c(C)cc3n3c(C(C)C)nnc23)cc1. The Balaban J connectivity index is 1.48. The molecule has 0 aliphatic rings. The number of sulfonamides is 1. The first kappa shape index (κ1) is 25.7. The Bertz CT molecular complexity index is 1780. The third kappa shape index (κ3) is 4.72. The molecule has 0 spiro atoms. The fourth-order valence-corrected chi connectivity index (χ4v) is 5.59. The summed E-state index contributed by atoms with van der Waals surface area (Å²) in [5, 5.41) is 9.05. The van der Waals surface area contributed by atoms with Gasteiger partial charge in [-0.2, -0.15) is 0 Å². The summed E-state index contributed by atoms with van der Waals surface area (Å²) in [4.78, 5) is 4.68. The lowest BCUT2D eigenvalue weighted by Gasteiger charge is -2.13. The van der Waals surface area contributed by atoms with Crippen molar-refractivity contribution in [3.8, 4) is 17.4 Å². The zero-order chi connectivity index (χ0) is 27.2. The van der Waals surface area contributed by atoms with E-state index in [1.165, 1.54) is 19.2 Å². The summed E-state index contributed by atoms with van der Waals surface area (Å²) >= 11 is 6.01. The smallest absolute Gasteiger partial charge is 0.266 e. The van der Waals surface area contributed by atoms with E-state index < -0.39 is 10.0 Å². The molecule has 0 aliphatic heterocycles. The zero-order valence-corrected chi connectivity index (χ0v) is 23.1. The average Bonchev–Trinajstić information content (AvgIpc) is 3.33. The summed E-state index contributed by atoms with van der Waals surface area (Å²) < 4.78 is 41.8. The Morgan fingerprint density at radius 1 is 0.974 bits per heavy atom. The number of methoxy groups -OCH3 is 1. The summed E-state index contributed by atoms with van der Waals surface area (Å²) in [7, 11) is -2.55. The molecule has 11 heteroatoms. The molecule has 2 aromatic heterocycles. The molecule has 9 nitrogen and oxygen atoms in total. The first-order chi connectivity index (χ1) is 18.1. The van der Waals surface area contributed by atoms with Gasteiger partial charge in [-0.25, -0.2) is 13.4 Å². The predicted molar refractivity (Wildman–Crippen MR) is 147 cm³/mol. The highest BCUT2D eigenvalue weighted by Crippen LogP contribution is 2.32. The number of aryl methyl sites for hydroxylation is 2. The Labute approximate surface area is 225 Å². The van der Waals surface area contributed by atoms with Crippen LogP contribution in [-0.4, -0.2) is 35.1 Å². The molecule has 0 saturated heterocycles. The van der Waals surface area contributed by atoms with E-state index in [1.807, 2.05) is 17.4 Å². The molecule has 38 heavy (non-hydrogen) atoms. The van der Waals surface area contributed by atoms with Crippen LogP contribution in [-0.2, 0) is 10.0 Å². The maximum atomic E-state index is 13.0. The molecule has 3 aromatic carbocycles. The lowest BCUT2D eigenvalue weighted by atomic mass is 10.1. The van der Waals surface area contributed by atoms with Gasteiger partial charge in [-0.15, -0.1) is 10.2 Å². The second-order valence-electron chi connectivity index (χ2n) is 9.24. The number of ether oxygens (including phenoxy) is 2. The third-order valence-electron chi connectivity index (χ3n) is 6.19. The normalized spacial score (nSPS) is 11.9. The molecule has 196 valence electrons. The summed E-state index contributed by atoms with van der Waals surface area (Å²) in [6, 6.07) is 15.0. The molecule has 0 radical (unpaired) electrons. The standard InChI is InChI=1S/C27H26ClN5O4S/c1-15(2)25-30-31-26-27(29-21-12-16(3)17(4)13-22(21)33(25)26)37-20-9-7-19(8-10-20)32-38(34,35)24-14-18(28)6-11-23(24)36-5/h6-15,32H,1-5H3. The largest absolute Gasteiger partial charge is 0.495 e. The van der Waals surface area contributed by atoms with Crippen LogP contribution in [0.1, 0.15) is 36.7 Å². The maximum absolute atomic E-state index is 13.0. The molecule has 0 unspecified atom stereocenters. The maximum Gasteiger partial charge on any atom is 0.266 e. The number of aromatic nitrogens is 4. The highest BCUT2D eigenvalue weighted by molar-refractivity contribution is 7.92. The van der Waals surface area contributed by atoms with E-state index in [0.717, 1.165) is 28.0 Å². The van der Waals surface area contributed by atoms with E-state index >= 15 is 0 Å². The first-order valence-corrected chi connectivity index (χ1v) is 13.7. The molecule has 0 bridgehead atoms. The van der Waals surface area contributed by atoms with Gasteiger partial charge in [0.15, 0.2) is 0 Å². The molecule has 5 rings (SSSR count). The number of anilines is 1. The molecule has 1 N–H and O–H groups in total. The molecule has 2 heterocycles. The van der Waals surface area contributed by atoms with Gasteiger partial charge in [-0.05, 0) is 79.6 Å². The van der Waals surface area contributed by atoms with Gasteiger partial charge in [-0.1, -0.05) is 25.4 Å². The second-order valence-corrected chi connectivity index (χ2v) is 11.3. The summed E-state index contributed by atoms with van der Waals surface area (Å²) in [5.41, 5.74) is 4.77.